The van der Waals surface area contributed by atoms with Crippen molar-refractivity contribution in [3.8, 4) is 6.07 Å². The van der Waals surface area contributed by atoms with Crippen LogP contribution in [0.5, 0.6) is 0 Å². The molecular formula is C10H10ClN3O. The molecule has 1 aromatic rings. The van der Waals surface area contributed by atoms with Crippen LogP contribution in [0.4, 0.5) is 5.69 Å². The van der Waals surface area contributed by atoms with Crippen molar-refractivity contribution >= 4 is 23.2 Å². The number of rotatable bonds is 4. The van der Waals surface area contributed by atoms with Crippen LogP contribution in [0.1, 0.15) is 6.42 Å². The van der Waals surface area contributed by atoms with E-state index in [1.165, 1.54) is 0 Å². The quantitative estimate of drug-likeness (QED) is 0.812. The second-order valence-electron chi connectivity index (χ2n) is 3.01. The van der Waals surface area contributed by atoms with Gasteiger partial charge in [-0.1, -0.05) is 17.7 Å². The van der Waals surface area contributed by atoms with E-state index in [0.717, 1.165) is 0 Å². The van der Waals surface area contributed by atoms with Crippen LogP contribution in [-0.2, 0) is 4.79 Å². The van der Waals surface area contributed by atoms with E-state index in [0.29, 0.717) is 10.7 Å². The highest BCUT2D eigenvalue weighted by Gasteiger charge is 2.10. The number of benzene rings is 1. The Morgan fingerprint density at radius 2 is 2.40 bits per heavy atom. The first-order chi connectivity index (χ1) is 7.11. The fourth-order valence-corrected chi connectivity index (χ4v) is 1.30. The highest BCUT2D eigenvalue weighted by molar-refractivity contribution is 6.30. The van der Waals surface area contributed by atoms with Crippen LogP contribution < -0.4 is 11.1 Å². The van der Waals surface area contributed by atoms with Crippen LogP contribution in [0.25, 0.3) is 0 Å². The number of carbonyl (C=O) groups excluding carboxylic acids is 1. The number of anilines is 1. The summed E-state index contributed by atoms with van der Waals surface area (Å²) in [5, 5.41) is 12.2. The van der Waals surface area contributed by atoms with Gasteiger partial charge < -0.3 is 11.1 Å². The lowest BCUT2D eigenvalue weighted by Crippen LogP contribution is -2.25. The number of hydrogen-bond acceptors (Lipinski definition) is 3. The average molecular weight is 224 g/mol. The zero-order valence-corrected chi connectivity index (χ0v) is 8.66. The SMILES string of the molecule is N#CC(CC(N)=O)Nc1cccc(Cl)c1. The normalized spacial score (nSPS) is 11.5. The summed E-state index contributed by atoms with van der Waals surface area (Å²) in [6.45, 7) is 0. The van der Waals surface area contributed by atoms with Gasteiger partial charge in [-0.25, -0.2) is 0 Å². The Kier molecular flexibility index (Phi) is 3.95. The van der Waals surface area contributed by atoms with Gasteiger partial charge in [-0.05, 0) is 18.2 Å². The number of halogens is 1. The molecule has 15 heavy (non-hydrogen) atoms. The van der Waals surface area contributed by atoms with Crippen molar-refractivity contribution in [2.24, 2.45) is 5.73 Å². The largest absolute Gasteiger partial charge is 0.370 e. The Morgan fingerprint density at radius 3 is 2.93 bits per heavy atom. The molecule has 78 valence electrons. The van der Waals surface area contributed by atoms with Gasteiger partial charge in [0.1, 0.15) is 6.04 Å². The maximum absolute atomic E-state index is 10.6. The van der Waals surface area contributed by atoms with Crippen molar-refractivity contribution in [2.45, 2.75) is 12.5 Å². The number of amides is 1. The number of carbonyl (C=O) groups is 1. The van der Waals surface area contributed by atoms with E-state index in [-0.39, 0.29) is 6.42 Å². The molecule has 4 nitrogen and oxygen atoms in total. The maximum Gasteiger partial charge on any atom is 0.220 e. The summed E-state index contributed by atoms with van der Waals surface area (Å²) < 4.78 is 0. The van der Waals surface area contributed by atoms with Gasteiger partial charge in [0.05, 0.1) is 12.5 Å². The molecule has 0 saturated carbocycles. The van der Waals surface area contributed by atoms with Gasteiger partial charge in [0.15, 0.2) is 0 Å². The van der Waals surface area contributed by atoms with E-state index in [1.54, 1.807) is 24.3 Å². The smallest absolute Gasteiger partial charge is 0.220 e. The Labute approximate surface area is 92.6 Å². The van der Waals surface area contributed by atoms with Crippen LogP contribution in [0, 0.1) is 11.3 Å². The molecule has 0 saturated heterocycles. The van der Waals surface area contributed by atoms with Gasteiger partial charge in [-0.2, -0.15) is 5.26 Å². The summed E-state index contributed by atoms with van der Waals surface area (Å²) in [7, 11) is 0. The lowest BCUT2D eigenvalue weighted by molar-refractivity contribution is -0.118. The molecule has 1 rings (SSSR count). The molecule has 0 aliphatic carbocycles. The molecule has 3 N–H and O–H groups in total. The van der Waals surface area contributed by atoms with E-state index in [2.05, 4.69) is 5.32 Å². The highest BCUT2D eigenvalue weighted by atomic mass is 35.5. The zero-order valence-electron chi connectivity index (χ0n) is 7.90. The number of hydrogen-bond donors (Lipinski definition) is 2. The van der Waals surface area contributed by atoms with Crippen molar-refractivity contribution in [2.75, 3.05) is 5.32 Å². The lowest BCUT2D eigenvalue weighted by atomic mass is 10.2. The van der Waals surface area contributed by atoms with Crippen molar-refractivity contribution in [3.05, 3.63) is 29.3 Å². The molecule has 0 heterocycles. The second-order valence-corrected chi connectivity index (χ2v) is 3.44. The minimum atomic E-state index is -0.624. The zero-order chi connectivity index (χ0) is 11.3. The monoisotopic (exact) mass is 223 g/mol. The molecule has 1 atom stereocenters. The molecule has 0 aromatic heterocycles. The van der Waals surface area contributed by atoms with Gasteiger partial charge >= 0.3 is 0 Å². The van der Waals surface area contributed by atoms with Gasteiger partial charge in [0.25, 0.3) is 0 Å². The summed E-state index contributed by atoms with van der Waals surface area (Å²) in [4.78, 5) is 10.6. The van der Waals surface area contributed by atoms with Crippen LogP contribution >= 0.6 is 11.6 Å². The van der Waals surface area contributed by atoms with Crippen molar-refractivity contribution in [1.82, 2.24) is 0 Å². The molecule has 0 spiro atoms. The van der Waals surface area contributed by atoms with Crippen molar-refractivity contribution in [1.29, 1.82) is 5.26 Å². The summed E-state index contributed by atoms with van der Waals surface area (Å²) in [6, 6.07) is 8.23. The number of nitrogens with one attached hydrogen (secondary N) is 1. The first kappa shape index (κ1) is 11.3. The minimum absolute atomic E-state index is 0.0248. The fraction of sp³-hybridized carbons (Fsp3) is 0.200. The van der Waals surface area contributed by atoms with Crippen LogP contribution in [-0.4, -0.2) is 11.9 Å². The molecule has 5 heteroatoms. The van der Waals surface area contributed by atoms with Crippen molar-refractivity contribution < 1.29 is 4.79 Å². The van der Waals surface area contributed by atoms with E-state index < -0.39 is 11.9 Å². The average Bonchev–Trinajstić information content (AvgIpc) is 2.16. The fourth-order valence-electron chi connectivity index (χ4n) is 1.11. The summed E-state index contributed by atoms with van der Waals surface area (Å²) in [5.74, 6) is -0.518. The molecular weight excluding hydrogens is 214 g/mol. The Bertz CT molecular complexity index is 400. The topological polar surface area (TPSA) is 78.9 Å². The molecule has 0 bridgehead atoms. The van der Waals surface area contributed by atoms with E-state index in [9.17, 15) is 4.79 Å². The number of nitriles is 1. The third-order valence-corrected chi connectivity index (χ3v) is 1.96. The van der Waals surface area contributed by atoms with E-state index >= 15 is 0 Å². The maximum atomic E-state index is 10.6. The first-order valence-electron chi connectivity index (χ1n) is 4.32. The minimum Gasteiger partial charge on any atom is -0.370 e. The first-order valence-corrected chi connectivity index (χ1v) is 4.69. The van der Waals surface area contributed by atoms with Crippen LogP contribution in [0.15, 0.2) is 24.3 Å². The molecule has 1 aromatic carbocycles. The summed E-state index contributed by atoms with van der Waals surface area (Å²) in [5.41, 5.74) is 5.69. The Morgan fingerprint density at radius 1 is 1.67 bits per heavy atom. The molecule has 0 radical (unpaired) electrons. The van der Waals surface area contributed by atoms with E-state index in [4.69, 9.17) is 22.6 Å². The standard InChI is InChI=1S/C10H10ClN3O/c11-7-2-1-3-8(4-7)14-9(6-12)5-10(13)15/h1-4,9,14H,5H2,(H2,13,15). The molecule has 0 fully saturated rings. The Balaban J connectivity index is 2.67. The van der Waals surface area contributed by atoms with Gasteiger partial charge in [-0.15, -0.1) is 0 Å². The molecule has 0 aliphatic rings. The van der Waals surface area contributed by atoms with E-state index in [1.807, 2.05) is 6.07 Å². The third-order valence-electron chi connectivity index (χ3n) is 1.73. The molecule has 1 amide bonds. The number of nitrogens with zero attached hydrogens (tertiary/aromatic N) is 1. The van der Waals surface area contributed by atoms with Gasteiger partial charge in [0, 0.05) is 10.7 Å². The Hall–Kier alpha value is -1.73. The molecule has 1 unspecified atom stereocenters. The number of primary amides is 1. The lowest BCUT2D eigenvalue weighted by Gasteiger charge is -2.10. The summed E-state index contributed by atoms with van der Waals surface area (Å²) >= 11 is 5.76. The van der Waals surface area contributed by atoms with Crippen molar-refractivity contribution in [3.63, 3.8) is 0 Å². The highest BCUT2D eigenvalue weighted by Crippen LogP contribution is 2.16. The molecule has 0 aliphatic heterocycles. The van der Waals surface area contributed by atoms with Gasteiger partial charge in [-0.3, -0.25) is 4.79 Å². The number of nitrogens with two attached hydrogens (primary N) is 1. The predicted octanol–water partition coefficient (Wildman–Crippen LogP) is 1.52. The summed E-state index contributed by atoms with van der Waals surface area (Å²) in [6.07, 6.45) is -0.0248. The van der Waals surface area contributed by atoms with Gasteiger partial charge in [0.2, 0.25) is 5.91 Å². The van der Waals surface area contributed by atoms with Crippen LogP contribution in [0.3, 0.4) is 0 Å². The second kappa shape index (κ2) is 5.23. The van der Waals surface area contributed by atoms with Crippen LogP contribution in [0.2, 0.25) is 5.02 Å². The predicted molar refractivity (Wildman–Crippen MR) is 58.3 cm³/mol. The third kappa shape index (κ3) is 3.88.